The molecule has 0 spiro atoms. The monoisotopic (exact) mass is 214 g/mol. The summed E-state index contributed by atoms with van der Waals surface area (Å²) >= 11 is 0. The van der Waals surface area contributed by atoms with Crippen molar-refractivity contribution >= 4 is 0 Å². The number of aromatic nitrogens is 2. The van der Waals surface area contributed by atoms with E-state index in [0.717, 1.165) is 17.7 Å². The zero-order valence-corrected chi connectivity index (χ0v) is 9.26. The molecular formula is C13H14N2O. The molecule has 0 atom stereocenters. The molecule has 0 aromatic carbocycles. The SMILES string of the molecule is Cc1ccn(CCc2ccccn2)c(=O)c1. The minimum atomic E-state index is 0.0518. The smallest absolute Gasteiger partial charge is 0.250 e. The molecule has 0 amide bonds. The van der Waals surface area contributed by atoms with Crippen molar-refractivity contribution in [2.75, 3.05) is 0 Å². The maximum absolute atomic E-state index is 11.6. The molecule has 0 unspecified atom stereocenters. The van der Waals surface area contributed by atoms with Gasteiger partial charge in [-0.15, -0.1) is 0 Å². The molecule has 0 fully saturated rings. The predicted molar refractivity (Wildman–Crippen MR) is 63.4 cm³/mol. The molecule has 0 aliphatic carbocycles. The van der Waals surface area contributed by atoms with Gasteiger partial charge in [0.1, 0.15) is 0 Å². The van der Waals surface area contributed by atoms with Crippen LogP contribution in [0.15, 0.2) is 47.5 Å². The lowest BCUT2D eigenvalue weighted by molar-refractivity contribution is 0.659. The van der Waals surface area contributed by atoms with Crippen LogP contribution in [0, 0.1) is 6.92 Å². The molecular weight excluding hydrogens is 200 g/mol. The normalized spacial score (nSPS) is 10.3. The molecule has 3 nitrogen and oxygen atoms in total. The summed E-state index contributed by atoms with van der Waals surface area (Å²) in [7, 11) is 0. The molecule has 2 aromatic heterocycles. The Morgan fingerprint density at radius 2 is 2.19 bits per heavy atom. The van der Waals surface area contributed by atoms with Crippen LogP contribution < -0.4 is 5.56 Å². The van der Waals surface area contributed by atoms with Crippen molar-refractivity contribution < 1.29 is 0 Å². The van der Waals surface area contributed by atoms with E-state index >= 15 is 0 Å². The lowest BCUT2D eigenvalue weighted by atomic mass is 10.2. The molecule has 2 rings (SSSR count). The summed E-state index contributed by atoms with van der Waals surface area (Å²) in [5, 5.41) is 0. The van der Waals surface area contributed by atoms with Gasteiger partial charge in [0.15, 0.2) is 0 Å². The summed E-state index contributed by atoms with van der Waals surface area (Å²) in [5.74, 6) is 0. The molecule has 82 valence electrons. The molecule has 0 bridgehead atoms. The summed E-state index contributed by atoms with van der Waals surface area (Å²) in [4.78, 5) is 15.8. The summed E-state index contributed by atoms with van der Waals surface area (Å²) in [6, 6.07) is 9.42. The van der Waals surface area contributed by atoms with Crippen LogP contribution >= 0.6 is 0 Å². The second-order valence-electron chi connectivity index (χ2n) is 3.81. The minimum absolute atomic E-state index is 0.0518. The van der Waals surface area contributed by atoms with E-state index in [1.54, 1.807) is 16.8 Å². The number of hydrogen-bond acceptors (Lipinski definition) is 2. The number of nitrogens with zero attached hydrogens (tertiary/aromatic N) is 2. The van der Waals surface area contributed by atoms with Crippen LogP contribution in [0.2, 0.25) is 0 Å². The number of rotatable bonds is 3. The fourth-order valence-corrected chi connectivity index (χ4v) is 1.57. The van der Waals surface area contributed by atoms with Gasteiger partial charge in [-0.2, -0.15) is 0 Å². The molecule has 0 radical (unpaired) electrons. The molecule has 0 N–H and O–H groups in total. The molecule has 0 saturated heterocycles. The first kappa shape index (κ1) is 10.6. The van der Waals surface area contributed by atoms with Crippen LogP contribution in [0.5, 0.6) is 0 Å². The zero-order chi connectivity index (χ0) is 11.4. The highest BCUT2D eigenvalue weighted by Crippen LogP contribution is 1.97. The first-order chi connectivity index (χ1) is 7.75. The van der Waals surface area contributed by atoms with Crippen molar-refractivity contribution in [3.8, 4) is 0 Å². The summed E-state index contributed by atoms with van der Waals surface area (Å²) in [6.07, 6.45) is 4.39. The van der Waals surface area contributed by atoms with Crippen LogP contribution in [0.4, 0.5) is 0 Å². The maximum atomic E-state index is 11.6. The zero-order valence-electron chi connectivity index (χ0n) is 9.26. The number of aryl methyl sites for hydroxylation is 3. The Morgan fingerprint density at radius 3 is 2.88 bits per heavy atom. The second kappa shape index (κ2) is 4.75. The Labute approximate surface area is 94.4 Å². The van der Waals surface area contributed by atoms with Crippen molar-refractivity contribution in [1.82, 2.24) is 9.55 Å². The third-order valence-corrected chi connectivity index (χ3v) is 2.49. The van der Waals surface area contributed by atoms with Crippen molar-refractivity contribution in [3.05, 3.63) is 64.3 Å². The summed E-state index contributed by atoms with van der Waals surface area (Å²) in [5.41, 5.74) is 2.06. The molecule has 2 aromatic rings. The van der Waals surface area contributed by atoms with E-state index in [1.807, 2.05) is 37.4 Å². The molecule has 0 aliphatic heterocycles. The molecule has 2 heterocycles. The van der Waals surface area contributed by atoms with E-state index in [2.05, 4.69) is 4.98 Å². The topological polar surface area (TPSA) is 34.9 Å². The summed E-state index contributed by atoms with van der Waals surface area (Å²) < 4.78 is 1.71. The first-order valence-corrected chi connectivity index (χ1v) is 5.33. The van der Waals surface area contributed by atoms with Gasteiger partial charge in [0.25, 0.3) is 5.56 Å². The van der Waals surface area contributed by atoms with Crippen molar-refractivity contribution in [2.24, 2.45) is 0 Å². The Bertz CT molecular complexity index is 517. The third-order valence-electron chi connectivity index (χ3n) is 2.49. The molecule has 0 saturated carbocycles. The number of pyridine rings is 2. The summed E-state index contributed by atoms with van der Waals surface area (Å²) in [6.45, 7) is 2.60. The van der Waals surface area contributed by atoms with E-state index in [1.165, 1.54) is 0 Å². The first-order valence-electron chi connectivity index (χ1n) is 5.33. The standard InChI is InChI=1S/C13H14N2O/c1-11-5-8-15(13(16)10-11)9-6-12-4-2-3-7-14-12/h2-5,7-8,10H,6,9H2,1H3. The molecule has 3 heteroatoms. The van der Waals surface area contributed by atoms with E-state index in [0.29, 0.717) is 6.54 Å². The maximum Gasteiger partial charge on any atom is 0.250 e. The van der Waals surface area contributed by atoms with Crippen LogP contribution in [0.25, 0.3) is 0 Å². The minimum Gasteiger partial charge on any atom is -0.315 e. The lowest BCUT2D eigenvalue weighted by Gasteiger charge is -2.05. The van der Waals surface area contributed by atoms with E-state index in [9.17, 15) is 4.79 Å². The van der Waals surface area contributed by atoms with Crippen molar-refractivity contribution in [2.45, 2.75) is 19.9 Å². The lowest BCUT2D eigenvalue weighted by Crippen LogP contribution is -2.19. The van der Waals surface area contributed by atoms with Gasteiger partial charge in [-0.1, -0.05) is 6.07 Å². The van der Waals surface area contributed by atoms with Crippen molar-refractivity contribution in [3.63, 3.8) is 0 Å². The molecule has 16 heavy (non-hydrogen) atoms. The van der Waals surface area contributed by atoms with E-state index < -0.39 is 0 Å². The van der Waals surface area contributed by atoms with E-state index in [4.69, 9.17) is 0 Å². The van der Waals surface area contributed by atoms with E-state index in [-0.39, 0.29) is 5.56 Å². The fourth-order valence-electron chi connectivity index (χ4n) is 1.57. The Hall–Kier alpha value is -1.90. The highest BCUT2D eigenvalue weighted by Gasteiger charge is 1.97. The fraction of sp³-hybridized carbons (Fsp3) is 0.231. The predicted octanol–water partition coefficient (Wildman–Crippen LogP) is 1.79. The van der Waals surface area contributed by atoms with Crippen LogP contribution in [-0.2, 0) is 13.0 Å². The Kier molecular flexibility index (Phi) is 3.15. The highest BCUT2D eigenvalue weighted by atomic mass is 16.1. The van der Waals surface area contributed by atoms with Crippen LogP contribution in [0.1, 0.15) is 11.3 Å². The Morgan fingerprint density at radius 1 is 1.31 bits per heavy atom. The average Bonchev–Trinajstić information content (AvgIpc) is 2.29. The quantitative estimate of drug-likeness (QED) is 0.780. The van der Waals surface area contributed by atoms with Gasteiger partial charge >= 0.3 is 0 Å². The second-order valence-corrected chi connectivity index (χ2v) is 3.81. The van der Waals surface area contributed by atoms with Gasteiger partial charge in [-0.3, -0.25) is 9.78 Å². The largest absolute Gasteiger partial charge is 0.315 e. The van der Waals surface area contributed by atoms with Crippen molar-refractivity contribution in [1.29, 1.82) is 0 Å². The van der Waals surface area contributed by atoms with Gasteiger partial charge < -0.3 is 4.57 Å². The Balaban J connectivity index is 2.08. The van der Waals surface area contributed by atoms with Gasteiger partial charge in [0.05, 0.1) is 0 Å². The average molecular weight is 214 g/mol. The van der Waals surface area contributed by atoms with Gasteiger partial charge in [0.2, 0.25) is 0 Å². The van der Waals surface area contributed by atoms with Gasteiger partial charge in [0, 0.05) is 37.1 Å². The van der Waals surface area contributed by atoms with Crippen LogP contribution in [-0.4, -0.2) is 9.55 Å². The number of hydrogen-bond donors (Lipinski definition) is 0. The molecule has 0 aliphatic rings. The van der Waals surface area contributed by atoms with Gasteiger partial charge in [-0.25, -0.2) is 0 Å². The van der Waals surface area contributed by atoms with Gasteiger partial charge in [-0.05, 0) is 30.7 Å². The third kappa shape index (κ3) is 2.57. The highest BCUT2D eigenvalue weighted by molar-refractivity contribution is 5.08. The van der Waals surface area contributed by atoms with Crippen LogP contribution in [0.3, 0.4) is 0 Å².